The molecule has 5 nitrogen and oxygen atoms in total. The molecule has 0 aliphatic heterocycles. The molecule has 16 heavy (non-hydrogen) atoms. The Kier molecular flexibility index (Phi) is 4.42. The average Bonchev–Trinajstić information content (AvgIpc) is 2.36. The highest BCUT2D eigenvalue weighted by Gasteiger charge is 2.19. The first-order valence-electron chi connectivity index (χ1n) is 4.35. The van der Waals surface area contributed by atoms with Gasteiger partial charge in [-0.2, -0.15) is 0 Å². The second-order valence-corrected chi connectivity index (χ2v) is 3.80. The van der Waals surface area contributed by atoms with Gasteiger partial charge in [0.15, 0.2) is 0 Å². The van der Waals surface area contributed by atoms with E-state index in [1.807, 2.05) is 0 Å². The molecule has 6 heteroatoms. The van der Waals surface area contributed by atoms with Crippen molar-refractivity contribution >= 4 is 27.9 Å². The van der Waals surface area contributed by atoms with Gasteiger partial charge >= 0.3 is 11.9 Å². The monoisotopic (exact) mass is 287 g/mol. The lowest BCUT2D eigenvalue weighted by Gasteiger charge is -2.08. The highest BCUT2D eigenvalue weighted by atomic mass is 79.9. The largest absolute Gasteiger partial charge is 0.468 e. The van der Waals surface area contributed by atoms with Crippen molar-refractivity contribution in [1.82, 2.24) is 4.98 Å². The number of carbonyl (C=O) groups excluding carboxylic acids is 2. The summed E-state index contributed by atoms with van der Waals surface area (Å²) < 4.78 is 9.11. The lowest BCUT2D eigenvalue weighted by molar-refractivity contribution is -0.139. The van der Waals surface area contributed by atoms with Crippen LogP contribution in [0.3, 0.4) is 0 Å². The number of hydrogen-bond acceptors (Lipinski definition) is 5. The Labute approximate surface area is 101 Å². The van der Waals surface area contributed by atoms with E-state index in [9.17, 15) is 9.59 Å². The Morgan fingerprint density at radius 3 is 2.56 bits per heavy atom. The number of rotatable bonds is 3. The molecule has 0 amide bonds. The van der Waals surface area contributed by atoms with Crippen molar-refractivity contribution in [3.8, 4) is 0 Å². The fourth-order valence-electron chi connectivity index (χ4n) is 1.07. The van der Waals surface area contributed by atoms with E-state index in [1.54, 1.807) is 0 Å². The van der Waals surface area contributed by atoms with Gasteiger partial charge in [-0.1, -0.05) is 15.9 Å². The summed E-state index contributed by atoms with van der Waals surface area (Å²) in [5.41, 5.74) is 0.822. The summed E-state index contributed by atoms with van der Waals surface area (Å²) >= 11 is 3.15. The van der Waals surface area contributed by atoms with Gasteiger partial charge in [-0.3, -0.25) is 9.78 Å². The van der Waals surface area contributed by atoms with Crippen LogP contribution in [-0.2, 0) is 14.3 Å². The van der Waals surface area contributed by atoms with Crippen molar-refractivity contribution in [2.45, 2.75) is 4.83 Å². The lowest BCUT2D eigenvalue weighted by Crippen LogP contribution is -2.10. The van der Waals surface area contributed by atoms with Crippen LogP contribution < -0.4 is 0 Å². The minimum absolute atomic E-state index is 0.286. The van der Waals surface area contributed by atoms with Gasteiger partial charge in [0.2, 0.25) is 0 Å². The van der Waals surface area contributed by atoms with Crippen molar-refractivity contribution in [1.29, 1.82) is 0 Å². The predicted molar refractivity (Wildman–Crippen MR) is 59.3 cm³/mol. The molecule has 1 heterocycles. The summed E-state index contributed by atoms with van der Waals surface area (Å²) in [6.07, 6.45) is 2.84. The number of aromatic nitrogens is 1. The van der Waals surface area contributed by atoms with Crippen LogP contribution in [0.15, 0.2) is 18.5 Å². The van der Waals surface area contributed by atoms with Crippen LogP contribution in [0.1, 0.15) is 20.7 Å². The van der Waals surface area contributed by atoms with Crippen molar-refractivity contribution in [3.05, 3.63) is 29.6 Å². The van der Waals surface area contributed by atoms with Crippen LogP contribution in [0.25, 0.3) is 0 Å². The van der Waals surface area contributed by atoms with Gasteiger partial charge in [0.05, 0.1) is 19.8 Å². The maximum absolute atomic E-state index is 11.2. The fourth-order valence-corrected chi connectivity index (χ4v) is 1.50. The zero-order valence-electron chi connectivity index (χ0n) is 8.77. The van der Waals surface area contributed by atoms with Gasteiger partial charge in [0, 0.05) is 12.4 Å². The fraction of sp³-hybridized carbons (Fsp3) is 0.300. The molecule has 1 rings (SSSR count). The first-order chi connectivity index (χ1) is 7.60. The van der Waals surface area contributed by atoms with Gasteiger partial charge in [0.1, 0.15) is 4.83 Å². The molecule has 0 saturated carbocycles. The topological polar surface area (TPSA) is 65.5 Å². The molecule has 0 aliphatic carbocycles. The SMILES string of the molecule is COC(=O)c1cncc(C(Br)C(=O)OC)c1. The number of methoxy groups -OCH3 is 2. The molecule has 0 aliphatic rings. The third-order valence-electron chi connectivity index (χ3n) is 1.88. The van der Waals surface area contributed by atoms with Crippen molar-refractivity contribution in [2.24, 2.45) is 0 Å². The third-order valence-corrected chi connectivity index (χ3v) is 2.78. The molecular formula is C10H10BrNO4. The van der Waals surface area contributed by atoms with Crippen LogP contribution in [0, 0.1) is 0 Å². The molecule has 0 aromatic carbocycles. The van der Waals surface area contributed by atoms with E-state index < -0.39 is 16.8 Å². The second kappa shape index (κ2) is 5.60. The normalized spacial score (nSPS) is 11.7. The highest BCUT2D eigenvalue weighted by Crippen LogP contribution is 2.24. The highest BCUT2D eigenvalue weighted by molar-refractivity contribution is 9.09. The molecule has 0 saturated heterocycles. The van der Waals surface area contributed by atoms with Crippen LogP contribution in [0.5, 0.6) is 0 Å². The summed E-state index contributed by atoms with van der Waals surface area (Å²) in [6.45, 7) is 0. The molecule has 86 valence electrons. The number of nitrogens with zero attached hydrogens (tertiary/aromatic N) is 1. The van der Waals surface area contributed by atoms with Crippen LogP contribution >= 0.6 is 15.9 Å². The first kappa shape index (κ1) is 12.6. The summed E-state index contributed by atoms with van der Waals surface area (Å²) in [4.78, 5) is 25.7. The summed E-state index contributed by atoms with van der Waals surface area (Å²) in [5, 5.41) is 0. The standard InChI is InChI=1S/C10H10BrNO4/c1-15-9(13)7-3-6(4-12-5-7)8(11)10(14)16-2/h3-5,8H,1-2H3. The number of ether oxygens (including phenoxy) is 2. The van der Waals surface area contributed by atoms with E-state index in [0.717, 1.165) is 0 Å². The Bertz CT molecular complexity index is 408. The Morgan fingerprint density at radius 1 is 1.31 bits per heavy atom. The minimum atomic E-state index is -0.644. The molecular weight excluding hydrogens is 278 g/mol. The Hall–Kier alpha value is -1.43. The van der Waals surface area contributed by atoms with Gasteiger partial charge in [0.25, 0.3) is 0 Å². The summed E-state index contributed by atoms with van der Waals surface area (Å²) in [5.74, 6) is -0.956. The molecule has 0 radical (unpaired) electrons. The first-order valence-corrected chi connectivity index (χ1v) is 5.27. The molecule has 0 fully saturated rings. The number of pyridine rings is 1. The zero-order chi connectivity index (χ0) is 12.1. The van der Waals surface area contributed by atoms with Gasteiger partial charge in [-0.05, 0) is 11.6 Å². The Balaban J connectivity index is 2.98. The lowest BCUT2D eigenvalue weighted by atomic mass is 10.1. The number of carbonyl (C=O) groups is 2. The zero-order valence-corrected chi connectivity index (χ0v) is 10.4. The Morgan fingerprint density at radius 2 is 2.00 bits per heavy atom. The molecule has 0 spiro atoms. The minimum Gasteiger partial charge on any atom is -0.468 e. The molecule has 0 bridgehead atoms. The van der Waals surface area contributed by atoms with Crippen molar-refractivity contribution in [3.63, 3.8) is 0 Å². The molecule has 1 atom stereocenters. The molecule has 1 unspecified atom stereocenters. The second-order valence-electron chi connectivity index (χ2n) is 2.88. The van der Waals surface area contributed by atoms with E-state index in [-0.39, 0.29) is 5.56 Å². The van der Waals surface area contributed by atoms with Gasteiger partial charge in [-0.15, -0.1) is 0 Å². The quantitative estimate of drug-likeness (QED) is 0.622. The van der Waals surface area contributed by atoms with Crippen LogP contribution in [-0.4, -0.2) is 31.1 Å². The maximum Gasteiger partial charge on any atom is 0.339 e. The predicted octanol–water partition coefficient (Wildman–Crippen LogP) is 1.48. The number of esters is 2. The van der Waals surface area contributed by atoms with Crippen molar-refractivity contribution in [2.75, 3.05) is 14.2 Å². The van der Waals surface area contributed by atoms with E-state index in [4.69, 9.17) is 0 Å². The smallest absolute Gasteiger partial charge is 0.339 e. The van der Waals surface area contributed by atoms with Crippen LogP contribution in [0.4, 0.5) is 0 Å². The molecule has 0 N–H and O–H groups in total. The molecule has 1 aromatic heterocycles. The number of hydrogen-bond donors (Lipinski definition) is 0. The maximum atomic E-state index is 11.2. The number of halogens is 1. The van der Waals surface area contributed by atoms with Crippen LogP contribution in [0.2, 0.25) is 0 Å². The average molecular weight is 288 g/mol. The summed E-state index contributed by atoms with van der Waals surface area (Å²) in [6, 6.07) is 1.52. The third kappa shape index (κ3) is 2.79. The van der Waals surface area contributed by atoms with E-state index >= 15 is 0 Å². The number of alkyl halides is 1. The summed E-state index contributed by atoms with van der Waals surface area (Å²) in [7, 11) is 2.56. The van der Waals surface area contributed by atoms with E-state index in [1.165, 1.54) is 32.7 Å². The molecule has 1 aromatic rings. The van der Waals surface area contributed by atoms with Gasteiger partial charge in [-0.25, -0.2) is 4.79 Å². The van der Waals surface area contributed by atoms with Crippen molar-refractivity contribution < 1.29 is 19.1 Å². The van der Waals surface area contributed by atoms with E-state index in [0.29, 0.717) is 5.56 Å². The van der Waals surface area contributed by atoms with Gasteiger partial charge < -0.3 is 9.47 Å². The van der Waals surface area contributed by atoms with E-state index in [2.05, 4.69) is 30.4 Å².